The second kappa shape index (κ2) is 11.1. The Bertz CT molecular complexity index is 1350. The largest absolute Gasteiger partial charge is 0.452 e. The Morgan fingerprint density at radius 3 is 2.42 bits per heavy atom. The summed E-state index contributed by atoms with van der Waals surface area (Å²) in [6.07, 6.45) is 0. The van der Waals surface area contributed by atoms with Crippen molar-refractivity contribution in [2.75, 3.05) is 38.2 Å². The van der Waals surface area contributed by atoms with Crippen LogP contribution in [0, 0.1) is 0 Å². The first-order valence-electron chi connectivity index (χ1n) is 12.0. The molecule has 1 fully saturated rings. The molecule has 1 aromatic heterocycles. The van der Waals surface area contributed by atoms with Crippen LogP contribution in [0.25, 0.3) is 22.2 Å². The van der Waals surface area contributed by atoms with Crippen LogP contribution in [-0.4, -0.2) is 54.7 Å². The number of morpholine rings is 1. The summed E-state index contributed by atoms with van der Waals surface area (Å²) >= 11 is 0. The van der Waals surface area contributed by atoms with Crippen LogP contribution in [0.4, 0.5) is 5.69 Å². The van der Waals surface area contributed by atoms with Gasteiger partial charge >= 0.3 is 5.97 Å². The van der Waals surface area contributed by atoms with Gasteiger partial charge in [0.05, 0.1) is 30.0 Å². The molecular formula is C29H27N3O4. The van der Waals surface area contributed by atoms with Gasteiger partial charge in [-0.05, 0) is 29.8 Å². The molecule has 36 heavy (non-hydrogen) atoms. The maximum atomic E-state index is 13.0. The number of fused-ring (bicyclic) bond motifs is 1. The highest BCUT2D eigenvalue weighted by molar-refractivity contribution is 6.05. The van der Waals surface area contributed by atoms with Gasteiger partial charge in [0.2, 0.25) is 0 Å². The number of ether oxygens (including phenoxy) is 2. The molecule has 0 bridgehead atoms. The standard InChI is InChI=1S/C29H27N3O4/c33-28(30-23-12-10-21(11-13-23)19-32-14-16-35-17-15-32)20-36-29(34)25-18-27(22-6-2-1-3-7-22)31-26-9-5-4-8-24(25)26/h1-13,18H,14-17,19-20H2,(H,30,33). The Morgan fingerprint density at radius 2 is 1.64 bits per heavy atom. The fourth-order valence-corrected chi connectivity index (χ4v) is 4.22. The molecule has 0 unspecified atom stereocenters. The zero-order chi connectivity index (χ0) is 24.7. The highest BCUT2D eigenvalue weighted by Crippen LogP contribution is 2.25. The SMILES string of the molecule is O=C(COC(=O)c1cc(-c2ccccc2)nc2ccccc12)Nc1ccc(CN2CCOCC2)cc1. The summed E-state index contributed by atoms with van der Waals surface area (Å²) in [6, 6.07) is 26.5. The molecule has 1 aliphatic rings. The number of carbonyl (C=O) groups is 2. The molecule has 1 amide bonds. The third kappa shape index (κ3) is 5.76. The van der Waals surface area contributed by atoms with E-state index in [-0.39, 0.29) is 6.61 Å². The molecule has 182 valence electrons. The number of benzene rings is 3. The molecule has 5 rings (SSSR count). The van der Waals surface area contributed by atoms with E-state index in [4.69, 9.17) is 9.47 Å². The van der Waals surface area contributed by atoms with Crippen molar-refractivity contribution in [2.24, 2.45) is 0 Å². The number of carbonyl (C=O) groups excluding carboxylic acids is 2. The number of hydrogen-bond donors (Lipinski definition) is 1. The van der Waals surface area contributed by atoms with Gasteiger partial charge < -0.3 is 14.8 Å². The smallest absolute Gasteiger partial charge is 0.339 e. The molecule has 0 spiro atoms. The van der Waals surface area contributed by atoms with Gasteiger partial charge in [-0.1, -0.05) is 60.7 Å². The summed E-state index contributed by atoms with van der Waals surface area (Å²) in [5, 5.41) is 3.47. The number of hydrogen-bond acceptors (Lipinski definition) is 6. The third-order valence-corrected chi connectivity index (χ3v) is 6.09. The van der Waals surface area contributed by atoms with Crippen LogP contribution in [0.3, 0.4) is 0 Å². The van der Waals surface area contributed by atoms with Crippen LogP contribution >= 0.6 is 0 Å². The summed E-state index contributed by atoms with van der Waals surface area (Å²) in [4.78, 5) is 32.5. The molecule has 1 saturated heterocycles. The number of aromatic nitrogens is 1. The molecule has 1 aliphatic heterocycles. The van der Waals surface area contributed by atoms with Crippen molar-refractivity contribution >= 4 is 28.5 Å². The second-order valence-corrected chi connectivity index (χ2v) is 8.65. The Hall–Kier alpha value is -4.07. The van der Waals surface area contributed by atoms with E-state index in [0.717, 1.165) is 38.4 Å². The van der Waals surface area contributed by atoms with E-state index in [1.807, 2.05) is 78.9 Å². The third-order valence-electron chi connectivity index (χ3n) is 6.09. The minimum absolute atomic E-state index is 0.375. The van der Waals surface area contributed by atoms with E-state index in [2.05, 4.69) is 15.2 Å². The van der Waals surface area contributed by atoms with Crippen molar-refractivity contribution in [2.45, 2.75) is 6.54 Å². The Labute approximate surface area is 209 Å². The number of rotatable bonds is 7. The molecule has 0 saturated carbocycles. The Balaban J connectivity index is 1.22. The normalized spacial score (nSPS) is 13.9. The van der Waals surface area contributed by atoms with Gasteiger partial charge in [0.1, 0.15) is 0 Å². The van der Waals surface area contributed by atoms with E-state index in [0.29, 0.717) is 27.8 Å². The average molecular weight is 482 g/mol. The zero-order valence-electron chi connectivity index (χ0n) is 19.9. The summed E-state index contributed by atoms with van der Waals surface area (Å²) in [5.74, 6) is -0.965. The van der Waals surface area contributed by atoms with Crippen LogP contribution < -0.4 is 5.32 Å². The van der Waals surface area contributed by atoms with Gasteiger partial charge in [0.15, 0.2) is 6.61 Å². The Kier molecular flexibility index (Phi) is 7.30. The maximum Gasteiger partial charge on any atom is 0.339 e. The topological polar surface area (TPSA) is 80.8 Å². The molecule has 7 nitrogen and oxygen atoms in total. The van der Waals surface area contributed by atoms with E-state index >= 15 is 0 Å². The fourth-order valence-electron chi connectivity index (χ4n) is 4.22. The second-order valence-electron chi connectivity index (χ2n) is 8.65. The van der Waals surface area contributed by atoms with Gasteiger partial charge in [0.25, 0.3) is 5.91 Å². The van der Waals surface area contributed by atoms with Crippen molar-refractivity contribution < 1.29 is 19.1 Å². The lowest BCUT2D eigenvalue weighted by atomic mass is 10.0. The first-order chi connectivity index (χ1) is 17.7. The van der Waals surface area contributed by atoms with Crippen LogP contribution in [0.15, 0.2) is 84.9 Å². The van der Waals surface area contributed by atoms with Gasteiger partial charge in [-0.2, -0.15) is 0 Å². The summed E-state index contributed by atoms with van der Waals surface area (Å²) in [6.45, 7) is 3.82. The lowest BCUT2D eigenvalue weighted by Crippen LogP contribution is -2.35. The molecule has 4 aromatic rings. The molecule has 0 aliphatic carbocycles. The van der Waals surface area contributed by atoms with Crippen molar-refractivity contribution in [3.8, 4) is 11.3 Å². The van der Waals surface area contributed by atoms with Crippen LogP contribution in [0.2, 0.25) is 0 Å². The van der Waals surface area contributed by atoms with Crippen molar-refractivity contribution in [3.63, 3.8) is 0 Å². The predicted molar refractivity (Wildman–Crippen MR) is 139 cm³/mol. The van der Waals surface area contributed by atoms with E-state index < -0.39 is 11.9 Å². The number of amides is 1. The molecular weight excluding hydrogens is 454 g/mol. The number of pyridine rings is 1. The fraction of sp³-hybridized carbons (Fsp3) is 0.207. The minimum atomic E-state index is -0.568. The van der Waals surface area contributed by atoms with Crippen molar-refractivity contribution in [1.82, 2.24) is 9.88 Å². The number of para-hydroxylation sites is 1. The molecule has 0 radical (unpaired) electrons. The average Bonchev–Trinajstić information content (AvgIpc) is 2.93. The summed E-state index contributed by atoms with van der Waals surface area (Å²) in [5.41, 5.74) is 4.45. The van der Waals surface area contributed by atoms with E-state index in [1.54, 1.807) is 6.07 Å². The summed E-state index contributed by atoms with van der Waals surface area (Å²) < 4.78 is 10.8. The van der Waals surface area contributed by atoms with Crippen molar-refractivity contribution in [1.29, 1.82) is 0 Å². The highest BCUT2D eigenvalue weighted by atomic mass is 16.5. The Morgan fingerprint density at radius 1 is 0.917 bits per heavy atom. The van der Waals surface area contributed by atoms with Gasteiger partial charge in [-0.25, -0.2) is 9.78 Å². The molecule has 7 heteroatoms. The number of nitrogens with zero attached hydrogens (tertiary/aromatic N) is 2. The monoisotopic (exact) mass is 481 g/mol. The molecule has 2 heterocycles. The zero-order valence-corrected chi connectivity index (χ0v) is 19.9. The van der Waals surface area contributed by atoms with E-state index in [9.17, 15) is 9.59 Å². The van der Waals surface area contributed by atoms with Crippen LogP contribution in [0.5, 0.6) is 0 Å². The number of esters is 1. The summed E-state index contributed by atoms with van der Waals surface area (Å²) in [7, 11) is 0. The highest BCUT2D eigenvalue weighted by Gasteiger charge is 2.17. The van der Waals surface area contributed by atoms with Gasteiger partial charge in [0, 0.05) is 36.3 Å². The maximum absolute atomic E-state index is 13.0. The van der Waals surface area contributed by atoms with E-state index in [1.165, 1.54) is 5.56 Å². The number of nitrogens with one attached hydrogen (secondary N) is 1. The minimum Gasteiger partial charge on any atom is -0.452 e. The first-order valence-corrected chi connectivity index (χ1v) is 12.0. The first kappa shape index (κ1) is 23.7. The quantitative estimate of drug-likeness (QED) is 0.391. The van der Waals surface area contributed by atoms with Crippen molar-refractivity contribution in [3.05, 3.63) is 96.1 Å². The lowest BCUT2D eigenvalue weighted by molar-refractivity contribution is -0.119. The van der Waals surface area contributed by atoms with Gasteiger partial charge in [-0.15, -0.1) is 0 Å². The predicted octanol–water partition coefficient (Wildman–Crippen LogP) is 4.53. The molecule has 1 N–H and O–H groups in total. The molecule has 0 atom stereocenters. The molecule has 3 aromatic carbocycles. The van der Waals surface area contributed by atoms with Crippen LogP contribution in [0.1, 0.15) is 15.9 Å². The van der Waals surface area contributed by atoms with Crippen LogP contribution in [-0.2, 0) is 20.8 Å². The number of anilines is 1. The lowest BCUT2D eigenvalue weighted by Gasteiger charge is -2.26. The van der Waals surface area contributed by atoms with Gasteiger partial charge in [-0.3, -0.25) is 9.69 Å².